The number of benzene rings is 1. The third kappa shape index (κ3) is 3.50. The van der Waals surface area contributed by atoms with Gasteiger partial charge in [0, 0.05) is 11.8 Å². The van der Waals surface area contributed by atoms with E-state index in [9.17, 15) is 17.2 Å². The van der Waals surface area contributed by atoms with E-state index in [1.165, 1.54) is 12.1 Å². The van der Waals surface area contributed by atoms with Crippen LogP contribution in [0.5, 0.6) is 0 Å². The minimum atomic E-state index is -4.15. The van der Waals surface area contributed by atoms with Gasteiger partial charge in [0.2, 0.25) is 0 Å². The summed E-state index contributed by atoms with van der Waals surface area (Å²) in [5.74, 6) is -1.67. The van der Waals surface area contributed by atoms with Gasteiger partial charge in [-0.1, -0.05) is 12.2 Å². The summed E-state index contributed by atoms with van der Waals surface area (Å²) in [6, 6.07) is 4.32. The monoisotopic (exact) mass is 329 g/mol. The maximum Gasteiger partial charge on any atom is 0.263 e. The highest BCUT2D eigenvalue weighted by Crippen LogP contribution is 2.20. The largest absolute Gasteiger partial charge is 0.389 e. The average molecular weight is 329 g/mol. The number of hydrogen-bond acceptors (Lipinski definition) is 4. The molecule has 0 saturated heterocycles. The molecule has 9 heteroatoms. The second-order valence-corrected chi connectivity index (χ2v) is 6.13. The SMILES string of the molecule is NC(=S)c1ccc(NS(=O)(=O)c2cncc(F)c2)c(F)c1. The Balaban J connectivity index is 2.35. The van der Waals surface area contributed by atoms with E-state index in [0.29, 0.717) is 0 Å². The van der Waals surface area contributed by atoms with E-state index < -0.39 is 26.6 Å². The molecule has 0 bridgehead atoms. The van der Waals surface area contributed by atoms with E-state index in [0.717, 1.165) is 24.5 Å². The Hall–Kier alpha value is -2.13. The van der Waals surface area contributed by atoms with Gasteiger partial charge in [0.25, 0.3) is 10.0 Å². The summed E-state index contributed by atoms with van der Waals surface area (Å²) in [6.07, 6.45) is 1.81. The molecule has 3 N–H and O–H groups in total. The molecule has 0 radical (unpaired) electrons. The van der Waals surface area contributed by atoms with Gasteiger partial charge in [-0.25, -0.2) is 17.2 Å². The summed E-state index contributed by atoms with van der Waals surface area (Å²) >= 11 is 4.69. The number of halogens is 2. The number of pyridine rings is 1. The molecule has 0 aliphatic carbocycles. The second-order valence-electron chi connectivity index (χ2n) is 4.00. The van der Waals surface area contributed by atoms with Crippen LogP contribution in [-0.2, 0) is 10.0 Å². The first-order valence-electron chi connectivity index (χ1n) is 5.52. The second kappa shape index (κ2) is 5.70. The molecule has 0 aliphatic rings. The van der Waals surface area contributed by atoms with Crippen LogP contribution in [0.2, 0.25) is 0 Å². The predicted octanol–water partition coefficient (Wildman–Crippen LogP) is 1.79. The molecule has 1 aromatic heterocycles. The Labute approximate surface area is 124 Å². The van der Waals surface area contributed by atoms with Gasteiger partial charge in [0.05, 0.1) is 11.9 Å². The maximum absolute atomic E-state index is 13.8. The van der Waals surface area contributed by atoms with Crippen molar-refractivity contribution < 1.29 is 17.2 Å². The standard InChI is InChI=1S/C12H9F2N3O2S2/c13-8-4-9(6-16-5-8)21(18,19)17-11-2-1-7(12(15)20)3-10(11)14/h1-6,17H,(H2,15,20). The van der Waals surface area contributed by atoms with Crippen molar-refractivity contribution in [3.63, 3.8) is 0 Å². The zero-order valence-corrected chi connectivity index (χ0v) is 12.0. The quantitative estimate of drug-likeness (QED) is 0.836. The molecule has 0 spiro atoms. The number of hydrogen-bond donors (Lipinski definition) is 2. The molecule has 2 rings (SSSR count). The molecule has 0 atom stereocenters. The average Bonchev–Trinajstić information content (AvgIpc) is 2.40. The van der Waals surface area contributed by atoms with Crippen molar-refractivity contribution in [2.75, 3.05) is 4.72 Å². The predicted molar refractivity (Wildman–Crippen MR) is 77.3 cm³/mol. The van der Waals surface area contributed by atoms with Gasteiger partial charge in [-0.05, 0) is 24.3 Å². The van der Waals surface area contributed by atoms with Crippen molar-refractivity contribution in [1.29, 1.82) is 0 Å². The Morgan fingerprint density at radius 2 is 1.95 bits per heavy atom. The van der Waals surface area contributed by atoms with Crippen molar-refractivity contribution in [3.8, 4) is 0 Å². The molecule has 2 aromatic rings. The molecule has 0 unspecified atom stereocenters. The smallest absolute Gasteiger partial charge is 0.263 e. The van der Waals surface area contributed by atoms with E-state index in [4.69, 9.17) is 5.73 Å². The molecule has 21 heavy (non-hydrogen) atoms. The number of nitrogens with two attached hydrogens (primary N) is 1. The minimum absolute atomic E-state index is 0.0161. The van der Waals surface area contributed by atoms with Gasteiger partial charge >= 0.3 is 0 Å². The molecule has 5 nitrogen and oxygen atoms in total. The highest BCUT2D eigenvalue weighted by Gasteiger charge is 2.17. The number of thiocarbonyl (C=S) groups is 1. The molecule has 1 aromatic carbocycles. The Bertz CT molecular complexity index is 810. The first-order chi connectivity index (χ1) is 9.79. The number of nitrogens with one attached hydrogen (secondary N) is 1. The zero-order valence-electron chi connectivity index (χ0n) is 10.4. The van der Waals surface area contributed by atoms with Crippen LogP contribution < -0.4 is 10.5 Å². The summed E-state index contributed by atoms with van der Waals surface area (Å²) in [6.45, 7) is 0. The highest BCUT2D eigenvalue weighted by molar-refractivity contribution is 7.92. The first-order valence-corrected chi connectivity index (χ1v) is 7.41. The number of sulfonamides is 1. The van der Waals surface area contributed by atoms with Crippen molar-refractivity contribution in [3.05, 3.63) is 53.9 Å². The highest BCUT2D eigenvalue weighted by atomic mass is 32.2. The number of aromatic nitrogens is 1. The van der Waals surface area contributed by atoms with E-state index in [-0.39, 0.29) is 16.2 Å². The van der Waals surface area contributed by atoms with E-state index in [1.807, 2.05) is 4.72 Å². The fourth-order valence-corrected chi connectivity index (χ4v) is 2.66. The Morgan fingerprint density at radius 1 is 1.24 bits per heavy atom. The van der Waals surface area contributed by atoms with E-state index in [2.05, 4.69) is 17.2 Å². The molecule has 1 heterocycles. The van der Waals surface area contributed by atoms with Crippen LogP contribution in [0.4, 0.5) is 14.5 Å². The number of anilines is 1. The van der Waals surface area contributed by atoms with Crippen LogP contribution in [-0.4, -0.2) is 18.4 Å². The Morgan fingerprint density at radius 3 is 2.52 bits per heavy atom. The molecule has 0 amide bonds. The third-order valence-corrected chi connectivity index (χ3v) is 4.06. The molecule has 110 valence electrons. The lowest BCUT2D eigenvalue weighted by molar-refractivity contribution is 0.590. The van der Waals surface area contributed by atoms with Crippen LogP contribution in [0, 0.1) is 11.6 Å². The van der Waals surface area contributed by atoms with Gasteiger partial charge in [0.1, 0.15) is 21.5 Å². The summed E-state index contributed by atoms with van der Waals surface area (Å²) in [4.78, 5) is 3.00. The van der Waals surface area contributed by atoms with Crippen molar-refractivity contribution in [2.24, 2.45) is 5.73 Å². The summed E-state index contributed by atoms with van der Waals surface area (Å²) in [5.41, 5.74) is 5.30. The lowest BCUT2D eigenvalue weighted by Gasteiger charge is -2.09. The zero-order chi connectivity index (χ0) is 15.6. The van der Waals surface area contributed by atoms with Gasteiger partial charge in [-0.2, -0.15) is 0 Å². The van der Waals surface area contributed by atoms with Gasteiger partial charge in [0.15, 0.2) is 0 Å². The lowest BCUT2D eigenvalue weighted by Crippen LogP contribution is -2.15. The number of rotatable bonds is 4. The van der Waals surface area contributed by atoms with Crippen molar-refractivity contribution >= 4 is 32.9 Å². The van der Waals surface area contributed by atoms with Gasteiger partial charge < -0.3 is 5.73 Å². The summed E-state index contributed by atoms with van der Waals surface area (Å²) in [5, 5.41) is 0. The molecule has 0 fully saturated rings. The van der Waals surface area contributed by atoms with Crippen LogP contribution in [0.1, 0.15) is 5.56 Å². The molecule has 0 saturated carbocycles. The fourth-order valence-electron chi connectivity index (χ4n) is 1.49. The summed E-state index contributed by atoms with van der Waals surface area (Å²) in [7, 11) is -4.15. The first kappa shape index (κ1) is 15.3. The molecule has 0 aliphatic heterocycles. The normalized spacial score (nSPS) is 11.1. The van der Waals surface area contributed by atoms with Gasteiger partial charge in [-0.3, -0.25) is 9.71 Å². The third-order valence-electron chi connectivity index (χ3n) is 2.49. The van der Waals surface area contributed by atoms with Gasteiger partial charge in [-0.15, -0.1) is 0 Å². The lowest BCUT2D eigenvalue weighted by atomic mass is 10.2. The van der Waals surface area contributed by atoms with Crippen LogP contribution >= 0.6 is 12.2 Å². The van der Waals surface area contributed by atoms with Crippen LogP contribution in [0.15, 0.2) is 41.6 Å². The van der Waals surface area contributed by atoms with Crippen LogP contribution in [0.25, 0.3) is 0 Å². The van der Waals surface area contributed by atoms with E-state index >= 15 is 0 Å². The Kier molecular flexibility index (Phi) is 4.14. The minimum Gasteiger partial charge on any atom is -0.389 e. The van der Waals surface area contributed by atoms with E-state index in [1.54, 1.807) is 0 Å². The van der Waals surface area contributed by atoms with Crippen molar-refractivity contribution in [2.45, 2.75) is 4.90 Å². The van der Waals surface area contributed by atoms with Crippen molar-refractivity contribution in [1.82, 2.24) is 4.98 Å². The maximum atomic E-state index is 13.8. The summed E-state index contributed by atoms with van der Waals surface area (Å²) < 4.78 is 52.8. The topological polar surface area (TPSA) is 85.1 Å². The fraction of sp³-hybridized carbons (Fsp3) is 0. The molecular formula is C12H9F2N3O2S2. The molecular weight excluding hydrogens is 320 g/mol. The number of nitrogens with zero attached hydrogens (tertiary/aromatic N) is 1. The van der Waals surface area contributed by atoms with Crippen LogP contribution in [0.3, 0.4) is 0 Å².